The maximum Gasteiger partial charge on any atom is 0.0468 e. The van der Waals surface area contributed by atoms with Crippen LogP contribution in [-0.2, 0) is 0 Å². The molecule has 0 fully saturated rings. The van der Waals surface area contributed by atoms with E-state index in [0.29, 0.717) is 0 Å². The Labute approximate surface area is 745 Å². The Balaban J connectivity index is 0.000000147. The van der Waals surface area contributed by atoms with Crippen molar-refractivity contribution in [3.8, 4) is 89.0 Å². The van der Waals surface area contributed by atoms with Crippen molar-refractivity contribution in [2.75, 3.05) is 9.80 Å². The summed E-state index contributed by atoms with van der Waals surface area (Å²) in [5.74, 6) is 0. The molecule has 24 rings (SSSR count). The number of fused-ring (bicyclic) bond motifs is 16. The molecule has 0 aliphatic carbocycles. The zero-order valence-electron chi connectivity index (χ0n) is 71.1. The second kappa shape index (κ2) is 32.6. The van der Waals surface area contributed by atoms with Gasteiger partial charge in [0.2, 0.25) is 0 Å². The Morgan fingerprint density at radius 1 is 0.133 bits per heavy atom. The van der Waals surface area contributed by atoms with Crippen LogP contribution in [0, 0.1) is 13.8 Å². The van der Waals surface area contributed by atoms with Crippen LogP contribution in [0.1, 0.15) is 11.1 Å². The molecular weight excluding hydrogens is 1540 g/mol. The van der Waals surface area contributed by atoms with Crippen LogP contribution in [0.3, 0.4) is 0 Å². The first-order valence-corrected chi connectivity index (χ1v) is 44.3. The normalized spacial score (nSPS) is 11.5. The van der Waals surface area contributed by atoms with E-state index in [1.165, 1.54) is 208 Å². The van der Waals surface area contributed by atoms with Gasteiger partial charge in [-0.25, -0.2) is 0 Å². The SMILES string of the molecule is Cc1ccc(N(c2ccc(C)cc2)c2ccc3c(c2)c2ccccc2c2c(-c4ccccc4)cc(-c4ccc(-c5ccc6ccccc6c5)cc4)c(-c4ccccc4)c32)cc1.c1ccc(-c2cc(-c3ccc(-c4ccc5ccccc5c4)cc3)c(-c3ccccc3)c3c4ccc(N(c5ccc6ccccc6c5)c5ccc6ccccc6c5)cc4c4ccccc4c23)cc1. The van der Waals surface area contributed by atoms with Crippen molar-refractivity contribution in [3.05, 3.63) is 496 Å². The molecule has 0 radical (unpaired) electrons. The number of rotatable bonds is 14. The molecule has 128 heavy (non-hydrogen) atoms. The second-order valence-electron chi connectivity index (χ2n) is 33.9. The average Bonchev–Trinajstić information content (AvgIpc) is 0.711. The van der Waals surface area contributed by atoms with Crippen LogP contribution >= 0.6 is 0 Å². The van der Waals surface area contributed by atoms with Gasteiger partial charge in [-0.2, -0.15) is 0 Å². The van der Waals surface area contributed by atoms with Gasteiger partial charge in [-0.3, -0.25) is 0 Å². The minimum absolute atomic E-state index is 1.10. The van der Waals surface area contributed by atoms with Crippen LogP contribution in [0.4, 0.5) is 34.1 Å². The molecule has 24 aromatic rings. The number of anilines is 6. The quantitative estimate of drug-likeness (QED) is 0.100. The number of nitrogens with zero attached hydrogens (tertiary/aromatic N) is 2. The highest BCUT2D eigenvalue weighted by atomic mass is 15.1. The molecule has 0 N–H and O–H groups in total. The summed E-state index contributed by atoms with van der Waals surface area (Å²) < 4.78 is 0. The molecule has 0 aliphatic rings. The van der Waals surface area contributed by atoms with Crippen molar-refractivity contribution in [2.24, 2.45) is 0 Å². The second-order valence-corrected chi connectivity index (χ2v) is 33.9. The summed E-state index contributed by atoms with van der Waals surface area (Å²) >= 11 is 0. The van der Waals surface area contributed by atoms with E-state index in [2.05, 4.69) is 509 Å². The summed E-state index contributed by atoms with van der Waals surface area (Å²) in [5, 5.41) is 24.8. The van der Waals surface area contributed by atoms with E-state index in [0.717, 1.165) is 34.1 Å². The zero-order valence-corrected chi connectivity index (χ0v) is 71.1. The van der Waals surface area contributed by atoms with Gasteiger partial charge in [0.25, 0.3) is 0 Å². The van der Waals surface area contributed by atoms with Crippen molar-refractivity contribution < 1.29 is 0 Å². The van der Waals surface area contributed by atoms with E-state index in [1.54, 1.807) is 0 Å². The van der Waals surface area contributed by atoms with Crippen molar-refractivity contribution >= 4 is 142 Å². The summed E-state index contributed by atoms with van der Waals surface area (Å²) in [5.41, 5.74) is 28.5. The van der Waals surface area contributed by atoms with Crippen LogP contribution in [0.25, 0.3) is 197 Å². The Hall–Kier alpha value is -16.5. The lowest BCUT2D eigenvalue weighted by Crippen LogP contribution is -2.10. The van der Waals surface area contributed by atoms with Crippen molar-refractivity contribution in [2.45, 2.75) is 13.8 Å². The molecule has 0 unspecified atom stereocenters. The number of hydrogen-bond donors (Lipinski definition) is 0. The lowest BCUT2D eigenvalue weighted by Gasteiger charge is -2.27. The largest absolute Gasteiger partial charge is 0.310 e. The Morgan fingerprint density at radius 3 is 0.750 bits per heavy atom. The monoisotopic (exact) mass is 1630 g/mol. The number of aryl methyl sites for hydroxylation is 2. The molecule has 0 spiro atoms. The van der Waals surface area contributed by atoms with Crippen LogP contribution < -0.4 is 9.80 Å². The van der Waals surface area contributed by atoms with Gasteiger partial charge >= 0.3 is 0 Å². The molecule has 0 heterocycles. The summed E-state index contributed by atoms with van der Waals surface area (Å²) in [6.45, 7) is 4.30. The Kier molecular flexibility index (Phi) is 19.5. The highest BCUT2D eigenvalue weighted by Crippen LogP contribution is 2.54. The molecule has 0 saturated carbocycles. The van der Waals surface area contributed by atoms with Gasteiger partial charge in [-0.1, -0.05) is 399 Å². The molecule has 0 aliphatic heterocycles. The highest BCUT2D eigenvalue weighted by molar-refractivity contribution is 6.35. The summed E-state index contributed by atoms with van der Waals surface area (Å²) in [6.07, 6.45) is 0. The third-order valence-corrected chi connectivity index (χ3v) is 26.1. The summed E-state index contributed by atoms with van der Waals surface area (Å²) in [4.78, 5) is 4.82. The fourth-order valence-corrected chi connectivity index (χ4v) is 19.9. The molecule has 0 amide bonds. The van der Waals surface area contributed by atoms with E-state index in [-0.39, 0.29) is 0 Å². The minimum Gasteiger partial charge on any atom is -0.310 e. The van der Waals surface area contributed by atoms with Crippen LogP contribution in [0.5, 0.6) is 0 Å². The topological polar surface area (TPSA) is 6.48 Å². The first-order chi connectivity index (χ1) is 63.3. The first-order valence-electron chi connectivity index (χ1n) is 44.3. The lowest BCUT2D eigenvalue weighted by atomic mass is 9.81. The van der Waals surface area contributed by atoms with Gasteiger partial charge in [0, 0.05) is 34.1 Å². The van der Waals surface area contributed by atoms with Gasteiger partial charge in [-0.15, -0.1) is 0 Å². The van der Waals surface area contributed by atoms with Crippen LogP contribution in [0.15, 0.2) is 485 Å². The lowest BCUT2D eigenvalue weighted by molar-refractivity contribution is 1.27. The first kappa shape index (κ1) is 76.4. The van der Waals surface area contributed by atoms with E-state index in [9.17, 15) is 0 Å². The predicted octanol–water partition coefficient (Wildman–Crippen LogP) is 35.8. The average molecular weight is 1630 g/mol. The van der Waals surface area contributed by atoms with Crippen molar-refractivity contribution in [1.29, 1.82) is 0 Å². The number of benzene rings is 24. The Morgan fingerprint density at radius 2 is 0.383 bits per heavy atom. The molecular formula is C126H86N2. The van der Waals surface area contributed by atoms with Gasteiger partial charge in [0.15, 0.2) is 0 Å². The number of hydrogen-bond acceptors (Lipinski definition) is 2. The molecule has 0 bridgehead atoms. The molecule has 2 heteroatoms. The molecule has 0 aromatic heterocycles. The Bertz CT molecular complexity index is 8270. The van der Waals surface area contributed by atoms with E-state index in [1.807, 2.05) is 0 Å². The molecule has 0 saturated heterocycles. The molecule has 2 nitrogen and oxygen atoms in total. The van der Waals surface area contributed by atoms with Gasteiger partial charge in [0.05, 0.1) is 0 Å². The zero-order chi connectivity index (χ0) is 85.1. The van der Waals surface area contributed by atoms with E-state index in [4.69, 9.17) is 0 Å². The summed E-state index contributed by atoms with van der Waals surface area (Å²) in [6, 6.07) is 179. The third kappa shape index (κ3) is 14.0. The third-order valence-electron chi connectivity index (χ3n) is 26.1. The fraction of sp³-hybridized carbons (Fsp3) is 0.0159. The highest BCUT2D eigenvalue weighted by Gasteiger charge is 2.27. The van der Waals surface area contributed by atoms with E-state index < -0.39 is 0 Å². The molecule has 600 valence electrons. The van der Waals surface area contributed by atoms with Crippen molar-refractivity contribution in [3.63, 3.8) is 0 Å². The van der Waals surface area contributed by atoms with Gasteiger partial charge < -0.3 is 9.80 Å². The van der Waals surface area contributed by atoms with Crippen LogP contribution in [-0.4, -0.2) is 0 Å². The summed E-state index contributed by atoms with van der Waals surface area (Å²) in [7, 11) is 0. The smallest absolute Gasteiger partial charge is 0.0468 e. The van der Waals surface area contributed by atoms with E-state index >= 15 is 0 Å². The van der Waals surface area contributed by atoms with Gasteiger partial charge in [-0.05, 0) is 308 Å². The van der Waals surface area contributed by atoms with Crippen LogP contribution in [0.2, 0.25) is 0 Å². The minimum atomic E-state index is 1.10. The predicted molar refractivity (Wildman–Crippen MR) is 550 cm³/mol. The standard InChI is InChI=1S/C66H43N.C60H43N/c1-3-18-48(19-4-1)62-43-61(49-30-27-47(28-31-49)54-32-29-44-15-7-10-22-51(44)39-54)64(50-20-5-2-6-21-50)66-60-38-37-57(42-63(60)58-25-13-14-26-59(58)65(62)66)67(55-35-33-45-16-8-11-23-52(45)40-55)56-36-34-46-17-9-12-24-53(46)41-56;1-40-21-31-49(32-22-40)61(50-33-23-41(2)24-34-50)51-35-36-54-57(38-51)52-19-11-12-20-53(52)59-56(44-14-5-3-6-15-44)39-55(58(60(54)59)46-16-7-4-8-17-46)45-28-25-43(26-29-45)48-30-27-42-13-9-10-18-47(42)37-48/h1-43H;3-39H,1-2H3. The molecule has 0 atom stereocenters. The maximum absolute atomic E-state index is 2.46. The maximum atomic E-state index is 2.46. The fourth-order valence-electron chi connectivity index (χ4n) is 19.9. The van der Waals surface area contributed by atoms with Crippen molar-refractivity contribution in [1.82, 2.24) is 0 Å². The van der Waals surface area contributed by atoms with Gasteiger partial charge in [0.1, 0.15) is 0 Å². The molecule has 24 aromatic carbocycles.